The SMILES string of the molecule is Cc1c(Nc2nc(C(F)F)nc3cc(CN4CC(O)C4)cnc23)cccc1-c1cccc(-c2nc3cc(CN4CCC(C(=O)O)C4)c(OC(F)F)cc3o2)c1C. The van der Waals surface area contributed by atoms with E-state index in [0.29, 0.717) is 67.0 Å². The van der Waals surface area contributed by atoms with E-state index in [1.807, 2.05) is 60.0 Å². The number of anilines is 2. The van der Waals surface area contributed by atoms with Crippen molar-refractivity contribution < 1.29 is 41.7 Å². The third kappa shape index (κ3) is 7.46. The fourth-order valence-corrected chi connectivity index (χ4v) is 7.49. The first-order valence-corrected chi connectivity index (χ1v) is 18.1. The maximum absolute atomic E-state index is 14.0. The van der Waals surface area contributed by atoms with Crippen LogP contribution < -0.4 is 10.1 Å². The molecule has 2 aliphatic heterocycles. The number of carbonyl (C=O) groups is 1. The summed E-state index contributed by atoms with van der Waals surface area (Å²) in [5.41, 5.74) is 7.07. The first kappa shape index (κ1) is 37.2. The number of aliphatic hydroxyl groups is 1. The minimum absolute atomic E-state index is 0.0698. The van der Waals surface area contributed by atoms with Gasteiger partial charge in [-0.3, -0.25) is 19.6 Å². The van der Waals surface area contributed by atoms with Gasteiger partial charge < -0.3 is 24.7 Å². The van der Waals surface area contributed by atoms with Crippen LogP contribution in [0, 0.1) is 19.8 Å². The summed E-state index contributed by atoms with van der Waals surface area (Å²) in [6.07, 6.45) is -1.16. The molecule has 1 unspecified atom stereocenters. The van der Waals surface area contributed by atoms with Crippen molar-refractivity contribution in [3.05, 3.63) is 88.9 Å². The molecule has 0 spiro atoms. The smallest absolute Gasteiger partial charge is 0.387 e. The van der Waals surface area contributed by atoms with Gasteiger partial charge in [0.05, 0.1) is 17.5 Å². The highest BCUT2D eigenvalue weighted by Crippen LogP contribution is 2.39. The Balaban J connectivity index is 1.10. The van der Waals surface area contributed by atoms with Gasteiger partial charge in [-0.05, 0) is 78.9 Å². The van der Waals surface area contributed by atoms with Crippen molar-refractivity contribution in [2.24, 2.45) is 5.92 Å². The van der Waals surface area contributed by atoms with E-state index in [-0.39, 0.29) is 41.2 Å². The second-order valence-electron chi connectivity index (χ2n) is 14.3. The van der Waals surface area contributed by atoms with Crippen LogP contribution in [0.25, 0.3) is 44.7 Å². The number of nitrogens with one attached hydrogen (secondary N) is 1. The molecule has 3 N–H and O–H groups in total. The Morgan fingerprint density at radius 2 is 1.68 bits per heavy atom. The van der Waals surface area contributed by atoms with Crippen LogP contribution in [0.15, 0.2) is 65.2 Å². The average molecular weight is 772 g/mol. The molecule has 0 radical (unpaired) electrons. The zero-order chi connectivity index (χ0) is 39.2. The molecule has 6 aromatic rings. The van der Waals surface area contributed by atoms with Crippen LogP contribution in [0.1, 0.15) is 40.9 Å². The number of oxazole rings is 1. The van der Waals surface area contributed by atoms with Crippen molar-refractivity contribution in [1.82, 2.24) is 29.7 Å². The van der Waals surface area contributed by atoms with E-state index >= 15 is 0 Å². The molecule has 16 heteroatoms. The van der Waals surface area contributed by atoms with Crippen molar-refractivity contribution in [3.63, 3.8) is 0 Å². The van der Waals surface area contributed by atoms with E-state index in [0.717, 1.165) is 27.8 Å². The number of hydrogen-bond acceptors (Lipinski definition) is 11. The third-order valence-corrected chi connectivity index (χ3v) is 10.4. The predicted molar refractivity (Wildman–Crippen MR) is 199 cm³/mol. The third-order valence-electron chi connectivity index (χ3n) is 10.4. The number of benzene rings is 3. The number of carboxylic acid groups (broad SMARTS) is 1. The Hall–Kier alpha value is -5.71. The fourth-order valence-electron chi connectivity index (χ4n) is 7.49. The van der Waals surface area contributed by atoms with Gasteiger partial charge in [-0.1, -0.05) is 24.3 Å². The highest BCUT2D eigenvalue weighted by atomic mass is 19.3. The van der Waals surface area contributed by atoms with Crippen LogP contribution in [0.2, 0.25) is 0 Å². The van der Waals surface area contributed by atoms with Gasteiger partial charge in [0.2, 0.25) is 5.89 Å². The Kier molecular flexibility index (Phi) is 10.0. The molecule has 0 amide bonds. The van der Waals surface area contributed by atoms with Crippen molar-refractivity contribution >= 4 is 39.6 Å². The number of rotatable bonds is 12. The van der Waals surface area contributed by atoms with Crippen LogP contribution in [0.4, 0.5) is 29.1 Å². The standard InChI is InChI=1S/C40H37F4N7O5/c1-20-26(5-3-7-28(20)38-48-30-12-24(17-50-10-9-23(16-50)39(53)54)32(56-40(43)44)13-33(30)55-38)27-6-4-8-29(21(27)2)46-36-34-31(47-37(49-36)35(41)42)11-22(14-45-34)15-51-18-25(52)19-51/h3-8,11-14,23,25,35,40,52H,9-10,15-19H2,1-2H3,(H,53,54)(H,46,47,49). The van der Waals surface area contributed by atoms with Gasteiger partial charge in [-0.25, -0.2) is 23.7 Å². The zero-order valence-corrected chi connectivity index (χ0v) is 30.3. The van der Waals surface area contributed by atoms with Crippen molar-refractivity contribution in [1.29, 1.82) is 0 Å². The second kappa shape index (κ2) is 15.1. The maximum atomic E-state index is 14.0. The summed E-state index contributed by atoms with van der Waals surface area (Å²) < 4.78 is 66.0. The normalized spacial score (nSPS) is 16.7. The van der Waals surface area contributed by atoms with Crippen molar-refractivity contribution in [2.75, 3.05) is 31.5 Å². The van der Waals surface area contributed by atoms with Crippen molar-refractivity contribution in [2.45, 2.75) is 52.5 Å². The molecule has 290 valence electrons. The molecule has 2 fully saturated rings. The zero-order valence-electron chi connectivity index (χ0n) is 30.3. The molecule has 0 bridgehead atoms. The molecule has 12 nitrogen and oxygen atoms in total. The largest absolute Gasteiger partial charge is 0.481 e. The molecule has 1 atom stereocenters. The summed E-state index contributed by atoms with van der Waals surface area (Å²) in [4.78, 5) is 32.9. The molecular weight excluding hydrogens is 734 g/mol. The summed E-state index contributed by atoms with van der Waals surface area (Å²) in [5.74, 6) is -1.72. The van der Waals surface area contributed by atoms with Crippen LogP contribution in [0.5, 0.6) is 5.75 Å². The van der Waals surface area contributed by atoms with Crippen LogP contribution in [-0.2, 0) is 17.9 Å². The molecule has 0 aliphatic carbocycles. The van der Waals surface area contributed by atoms with Gasteiger partial charge in [-0.15, -0.1) is 0 Å². The van der Waals surface area contributed by atoms with E-state index in [4.69, 9.17) is 14.1 Å². The molecule has 0 saturated carbocycles. The van der Waals surface area contributed by atoms with Gasteiger partial charge in [0.1, 0.15) is 16.8 Å². The molecule has 2 saturated heterocycles. The van der Waals surface area contributed by atoms with Gasteiger partial charge >= 0.3 is 12.6 Å². The average Bonchev–Trinajstić information content (AvgIpc) is 3.79. The van der Waals surface area contributed by atoms with Crippen molar-refractivity contribution in [3.8, 4) is 28.3 Å². The Bertz CT molecular complexity index is 2460. The fraction of sp³-hybridized carbons (Fsp3) is 0.325. The topological polar surface area (TPSA) is 150 Å². The molecule has 5 heterocycles. The second-order valence-corrected chi connectivity index (χ2v) is 14.3. The maximum Gasteiger partial charge on any atom is 0.387 e. The molecule has 8 rings (SSSR count). The number of pyridine rings is 1. The van der Waals surface area contributed by atoms with Gasteiger partial charge in [0.25, 0.3) is 6.43 Å². The Morgan fingerprint density at radius 3 is 2.39 bits per heavy atom. The lowest BCUT2D eigenvalue weighted by Gasteiger charge is -2.35. The molecule has 2 aliphatic rings. The van der Waals surface area contributed by atoms with Crippen LogP contribution in [0.3, 0.4) is 0 Å². The van der Waals surface area contributed by atoms with Gasteiger partial charge in [0.15, 0.2) is 17.2 Å². The monoisotopic (exact) mass is 771 g/mol. The summed E-state index contributed by atoms with van der Waals surface area (Å²) in [7, 11) is 0. The Labute approximate surface area is 317 Å². The number of halogens is 4. The number of ether oxygens (including phenoxy) is 1. The number of likely N-dealkylation sites (tertiary alicyclic amines) is 2. The highest BCUT2D eigenvalue weighted by Gasteiger charge is 2.29. The summed E-state index contributed by atoms with van der Waals surface area (Å²) in [6.45, 7) is 3.31. The highest BCUT2D eigenvalue weighted by molar-refractivity contribution is 5.89. The van der Waals surface area contributed by atoms with E-state index in [2.05, 4.69) is 20.3 Å². The molecule has 56 heavy (non-hydrogen) atoms. The van der Waals surface area contributed by atoms with E-state index in [1.165, 1.54) is 6.07 Å². The van der Waals surface area contributed by atoms with Gasteiger partial charge in [-0.2, -0.15) is 8.78 Å². The minimum atomic E-state index is -3.08. The van der Waals surface area contributed by atoms with E-state index < -0.39 is 30.7 Å². The lowest BCUT2D eigenvalue weighted by molar-refractivity contribution is -0.141. The number of fused-ring (bicyclic) bond motifs is 2. The first-order chi connectivity index (χ1) is 26.9. The lowest BCUT2D eigenvalue weighted by atomic mass is 9.93. The number of aromatic nitrogens is 4. The lowest BCUT2D eigenvalue weighted by Crippen LogP contribution is -2.49. The predicted octanol–water partition coefficient (Wildman–Crippen LogP) is 7.48. The van der Waals surface area contributed by atoms with E-state index in [9.17, 15) is 32.6 Å². The summed E-state index contributed by atoms with van der Waals surface area (Å²) in [6, 6.07) is 16.0. The van der Waals surface area contributed by atoms with Gasteiger partial charge in [0, 0.05) is 61.8 Å². The van der Waals surface area contributed by atoms with Crippen LogP contribution >= 0.6 is 0 Å². The number of hydrogen-bond donors (Lipinski definition) is 3. The Morgan fingerprint density at radius 1 is 0.929 bits per heavy atom. The van der Waals surface area contributed by atoms with E-state index in [1.54, 1.807) is 18.3 Å². The number of aliphatic hydroxyl groups excluding tert-OH is 1. The number of alkyl halides is 4. The van der Waals surface area contributed by atoms with Crippen LogP contribution in [-0.4, -0.2) is 84.8 Å². The molecule has 3 aromatic heterocycles. The number of aliphatic carboxylic acids is 1. The summed E-state index contributed by atoms with van der Waals surface area (Å²) in [5, 5.41) is 22.3. The number of carboxylic acids is 1. The molecule has 3 aromatic carbocycles. The summed E-state index contributed by atoms with van der Waals surface area (Å²) >= 11 is 0. The number of β-amino-alcohol motifs (C(OH)–C–C–N with tert-alkyl or cyclic N) is 1. The molecular formula is C40H37F4N7O5. The number of nitrogens with zero attached hydrogens (tertiary/aromatic N) is 6. The first-order valence-electron chi connectivity index (χ1n) is 18.1. The minimum Gasteiger partial charge on any atom is -0.481 e. The quantitative estimate of drug-likeness (QED) is 0.106.